The maximum absolute atomic E-state index is 12.6. The van der Waals surface area contributed by atoms with Gasteiger partial charge in [-0.1, -0.05) is 11.6 Å². The van der Waals surface area contributed by atoms with Crippen molar-refractivity contribution in [1.29, 1.82) is 0 Å². The lowest BCUT2D eigenvalue weighted by Gasteiger charge is -2.32. The van der Waals surface area contributed by atoms with E-state index >= 15 is 0 Å². The van der Waals surface area contributed by atoms with Crippen molar-refractivity contribution in [3.05, 3.63) is 45.4 Å². The van der Waals surface area contributed by atoms with Gasteiger partial charge in [-0.05, 0) is 31.9 Å². The highest BCUT2D eigenvalue weighted by Gasteiger charge is 2.29. The number of piperidine rings is 1. The molecular weight excluding hydrogens is 330 g/mol. The van der Waals surface area contributed by atoms with Crippen molar-refractivity contribution >= 4 is 17.5 Å². The summed E-state index contributed by atoms with van der Waals surface area (Å²) in [5.74, 6) is 0.702. The fraction of sp³-hybridized carbons (Fsp3) is 0.500. The molecule has 1 amide bonds. The van der Waals surface area contributed by atoms with Crippen LogP contribution in [0.2, 0.25) is 5.02 Å². The van der Waals surface area contributed by atoms with Crippen molar-refractivity contribution in [3.63, 3.8) is 0 Å². The first kappa shape index (κ1) is 16.7. The molecule has 24 heavy (non-hydrogen) atoms. The summed E-state index contributed by atoms with van der Waals surface area (Å²) < 4.78 is 3.04. The Bertz CT molecular complexity index is 796. The van der Waals surface area contributed by atoms with E-state index in [1.54, 1.807) is 28.6 Å². The van der Waals surface area contributed by atoms with E-state index in [1.807, 2.05) is 6.92 Å². The van der Waals surface area contributed by atoms with E-state index < -0.39 is 0 Å². The first-order valence-electron chi connectivity index (χ1n) is 8.05. The molecule has 0 spiro atoms. The summed E-state index contributed by atoms with van der Waals surface area (Å²) >= 11 is 5.83. The van der Waals surface area contributed by atoms with Gasteiger partial charge in [-0.3, -0.25) is 9.36 Å². The van der Waals surface area contributed by atoms with E-state index in [9.17, 15) is 9.59 Å². The van der Waals surface area contributed by atoms with Crippen LogP contribution in [0.15, 0.2) is 23.1 Å². The van der Waals surface area contributed by atoms with Gasteiger partial charge in [-0.15, -0.1) is 0 Å². The monoisotopic (exact) mass is 349 g/mol. The lowest BCUT2D eigenvalue weighted by atomic mass is 9.96. The highest BCUT2D eigenvalue weighted by Crippen LogP contribution is 2.26. The predicted octanol–water partition coefficient (Wildman–Crippen LogP) is 1.67. The topological polar surface area (TPSA) is 73.0 Å². The lowest BCUT2D eigenvalue weighted by Crippen LogP contribution is -2.40. The summed E-state index contributed by atoms with van der Waals surface area (Å²) in [5.41, 5.74) is 0.268. The number of pyridine rings is 1. The van der Waals surface area contributed by atoms with Crippen LogP contribution >= 0.6 is 11.6 Å². The average molecular weight is 350 g/mol. The number of aryl methyl sites for hydroxylation is 1. The van der Waals surface area contributed by atoms with Crippen molar-refractivity contribution in [2.75, 3.05) is 13.1 Å². The molecule has 3 rings (SSSR count). The molecule has 0 aliphatic carbocycles. The number of carbonyl (C=O) groups excluding carboxylic acids is 1. The van der Waals surface area contributed by atoms with Crippen LogP contribution in [0.3, 0.4) is 0 Å². The number of halogens is 1. The van der Waals surface area contributed by atoms with Gasteiger partial charge in [0.1, 0.15) is 11.5 Å². The molecule has 7 nitrogen and oxygen atoms in total. The van der Waals surface area contributed by atoms with E-state index in [2.05, 4.69) is 10.1 Å². The minimum atomic E-state index is -0.115. The van der Waals surface area contributed by atoms with Crippen LogP contribution in [0.4, 0.5) is 0 Å². The van der Waals surface area contributed by atoms with Gasteiger partial charge in [0, 0.05) is 38.8 Å². The summed E-state index contributed by atoms with van der Waals surface area (Å²) in [7, 11) is 1.65. The van der Waals surface area contributed by atoms with Crippen LogP contribution in [-0.2, 0) is 13.6 Å². The van der Waals surface area contributed by atoms with Gasteiger partial charge in [0.25, 0.3) is 5.91 Å². The summed E-state index contributed by atoms with van der Waals surface area (Å²) in [6.07, 6.45) is 3.26. The molecule has 1 saturated heterocycles. The van der Waals surface area contributed by atoms with E-state index in [-0.39, 0.29) is 17.5 Å². The number of rotatable bonds is 3. The Hall–Kier alpha value is -2.15. The van der Waals surface area contributed by atoms with Gasteiger partial charge in [0.15, 0.2) is 0 Å². The van der Waals surface area contributed by atoms with Gasteiger partial charge >= 0.3 is 5.69 Å². The Morgan fingerprint density at radius 1 is 1.42 bits per heavy atom. The Labute approximate surface area is 144 Å². The summed E-state index contributed by atoms with van der Waals surface area (Å²) in [4.78, 5) is 30.6. The van der Waals surface area contributed by atoms with E-state index in [0.29, 0.717) is 30.4 Å². The second-order valence-electron chi connectivity index (χ2n) is 5.96. The van der Waals surface area contributed by atoms with Crippen LogP contribution in [0.1, 0.15) is 42.0 Å². The third-order valence-electron chi connectivity index (χ3n) is 4.37. The molecule has 0 unspecified atom stereocenters. The van der Waals surface area contributed by atoms with Crippen LogP contribution in [0, 0.1) is 0 Å². The van der Waals surface area contributed by atoms with Crippen molar-refractivity contribution < 1.29 is 4.79 Å². The number of carbonyl (C=O) groups is 1. The number of aromatic nitrogens is 4. The molecule has 1 aliphatic heterocycles. The molecule has 128 valence electrons. The molecule has 2 aromatic heterocycles. The minimum absolute atomic E-state index is 0.0591. The molecule has 0 saturated carbocycles. The maximum atomic E-state index is 12.6. The Morgan fingerprint density at radius 2 is 2.21 bits per heavy atom. The van der Waals surface area contributed by atoms with Crippen LogP contribution in [0.5, 0.6) is 0 Å². The SMILES string of the molecule is CCn1c([C@@H]2CCCN(C(=O)c3ccc(Cl)cn3)C2)nn(C)c1=O. The van der Waals surface area contributed by atoms with Crippen molar-refractivity contribution in [2.24, 2.45) is 7.05 Å². The van der Waals surface area contributed by atoms with Gasteiger partial charge in [0.2, 0.25) is 0 Å². The fourth-order valence-corrected chi connectivity index (χ4v) is 3.27. The molecule has 0 aromatic carbocycles. The highest BCUT2D eigenvalue weighted by atomic mass is 35.5. The quantitative estimate of drug-likeness (QED) is 0.845. The standard InChI is InChI=1S/C16H20ClN5O2/c1-3-22-14(19-20(2)16(22)24)11-5-4-8-21(10-11)15(23)13-7-6-12(17)9-18-13/h6-7,9,11H,3-5,8,10H2,1-2H3/t11-/m1/s1. The maximum Gasteiger partial charge on any atom is 0.345 e. The first-order chi connectivity index (χ1) is 11.5. The largest absolute Gasteiger partial charge is 0.345 e. The second kappa shape index (κ2) is 6.76. The normalized spacial score (nSPS) is 18.0. The molecule has 8 heteroatoms. The number of hydrogen-bond donors (Lipinski definition) is 0. The predicted molar refractivity (Wildman–Crippen MR) is 90.3 cm³/mol. The Morgan fingerprint density at radius 3 is 2.88 bits per heavy atom. The minimum Gasteiger partial charge on any atom is -0.337 e. The molecule has 2 aromatic rings. The molecule has 0 radical (unpaired) electrons. The molecule has 1 atom stereocenters. The smallest absolute Gasteiger partial charge is 0.337 e. The molecular formula is C16H20ClN5O2. The summed E-state index contributed by atoms with van der Waals surface area (Å²) in [6, 6.07) is 3.30. The van der Waals surface area contributed by atoms with E-state index in [0.717, 1.165) is 18.7 Å². The van der Waals surface area contributed by atoms with Gasteiger partial charge < -0.3 is 4.90 Å². The van der Waals surface area contributed by atoms with Gasteiger partial charge in [-0.2, -0.15) is 5.10 Å². The van der Waals surface area contributed by atoms with Crippen molar-refractivity contribution in [3.8, 4) is 0 Å². The molecule has 0 N–H and O–H groups in total. The average Bonchev–Trinajstić information content (AvgIpc) is 2.89. The van der Waals surface area contributed by atoms with Gasteiger partial charge in [-0.25, -0.2) is 14.5 Å². The number of likely N-dealkylation sites (tertiary alicyclic amines) is 1. The highest BCUT2D eigenvalue weighted by molar-refractivity contribution is 6.30. The molecule has 1 fully saturated rings. The zero-order chi connectivity index (χ0) is 17.3. The summed E-state index contributed by atoms with van der Waals surface area (Å²) in [6.45, 7) is 3.73. The molecule has 1 aliphatic rings. The molecule has 0 bridgehead atoms. The van der Waals surface area contributed by atoms with Crippen LogP contribution in [-0.4, -0.2) is 43.2 Å². The summed E-state index contributed by atoms with van der Waals surface area (Å²) in [5, 5.41) is 4.88. The third kappa shape index (κ3) is 3.08. The number of amides is 1. The zero-order valence-corrected chi connectivity index (χ0v) is 14.5. The Balaban J connectivity index is 1.82. The molecule has 3 heterocycles. The van der Waals surface area contributed by atoms with Crippen molar-refractivity contribution in [1.82, 2.24) is 24.2 Å². The zero-order valence-electron chi connectivity index (χ0n) is 13.8. The first-order valence-corrected chi connectivity index (χ1v) is 8.43. The van der Waals surface area contributed by atoms with E-state index in [1.165, 1.54) is 10.9 Å². The number of nitrogens with zero attached hydrogens (tertiary/aromatic N) is 5. The lowest BCUT2D eigenvalue weighted by molar-refractivity contribution is 0.0697. The van der Waals surface area contributed by atoms with Crippen LogP contribution in [0.25, 0.3) is 0 Å². The van der Waals surface area contributed by atoms with E-state index in [4.69, 9.17) is 11.6 Å². The fourth-order valence-electron chi connectivity index (χ4n) is 3.16. The second-order valence-corrected chi connectivity index (χ2v) is 6.40. The van der Waals surface area contributed by atoms with Crippen LogP contribution < -0.4 is 5.69 Å². The third-order valence-corrected chi connectivity index (χ3v) is 4.60. The Kier molecular flexibility index (Phi) is 4.71. The van der Waals surface area contributed by atoms with Gasteiger partial charge in [0.05, 0.1) is 5.02 Å². The number of hydrogen-bond acceptors (Lipinski definition) is 4. The van der Waals surface area contributed by atoms with Crippen molar-refractivity contribution in [2.45, 2.75) is 32.2 Å².